The smallest absolute Gasteiger partial charge is 0.343 e. The van der Waals surface area contributed by atoms with E-state index in [4.69, 9.17) is 4.74 Å². The first kappa shape index (κ1) is 12.4. The Bertz CT molecular complexity index is 376. The van der Waals surface area contributed by atoms with Gasteiger partial charge in [-0.05, 0) is 25.1 Å². The molecule has 0 saturated heterocycles. The minimum Gasteiger partial charge on any atom is -0.482 e. The van der Waals surface area contributed by atoms with Gasteiger partial charge < -0.3 is 14.6 Å². The molecule has 88 valence electrons. The number of aliphatic hydroxyl groups is 1. The molecule has 16 heavy (non-hydrogen) atoms. The lowest BCUT2D eigenvalue weighted by atomic mass is 10.1. The summed E-state index contributed by atoms with van der Waals surface area (Å²) in [5, 5.41) is 9.39. The van der Waals surface area contributed by atoms with Crippen LogP contribution in [-0.2, 0) is 9.53 Å². The second-order valence-electron chi connectivity index (χ2n) is 3.22. The summed E-state index contributed by atoms with van der Waals surface area (Å²) in [6.45, 7) is 1.21. The van der Waals surface area contributed by atoms with E-state index in [-0.39, 0.29) is 12.4 Å². The number of carbonyl (C=O) groups excluding carboxylic acids is 1. The van der Waals surface area contributed by atoms with E-state index in [0.29, 0.717) is 5.56 Å². The van der Waals surface area contributed by atoms with E-state index in [9.17, 15) is 14.3 Å². The van der Waals surface area contributed by atoms with Crippen molar-refractivity contribution in [2.75, 3.05) is 13.7 Å². The maximum Gasteiger partial charge on any atom is 0.343 e. The van der Waals surface area contributed by atoms with Crippen molar-refractivity contribution < 1.29 is 23.8 Å². The van der Waals surface area contributed by atoms with Gasteiger partial charge in [-0.2, -0.15) is 0 Å². The molecule has 1 atom stereocenters. The molecule has 0 aliphatic carbocycles. The van der Waals surface area contributed by atoms with Gasteiger partial charge in [0.1, 0.15) is 11.6 Å². The standard InChI is InChI=1S/C11H13FO4/c1-7(13)9-5-8(12)3-4-10(9)16-6-11(14)15-2/h3-5,7,13H,6H2,1-2H3/t7-/m0/s1. The van der Waals surface area contributed by atoms with E-state index >= 15 is 0 Å². The topological polar surface area (TPSA) is 55.8 Å². The highest BCUT2D eigenvalue weighted by Crippen LogP contribution is 2.25. The SMILES string of the molecule is COC(=O)COc1ccc(F)cc1[C@H](C)O. The van der Waals surface area contributed by atoms with Crippen molar-refractivity contribution in [3.8, 4) is 5.75 Å². The first-order chi connectivity index (χ1) is 7.54. The fourth-order valence-electron chi connectivity index (χ4n) is 1.17. The predicted molar refractivity (Wildman–Crippen MR) is 54.5 cm³/mol. The molecule has 0 fully saturated rings. The minimum atomic E-state index is -0.872. The number of hydrogen-bond acceptors (Lipinski definition) is 4. The molecule has 0 aliphatic heterocycles. The van der Waals surface area contributed by atoms with Gasteiger partial charge in [0.05, 0.1) is 13.2 Å². The average Bonchev–Trinajstić information content (AvgIpc) is 2.26. The zero-order valence-electron chi connectivity index (χ0n) is 9.07. The van der Waals surface area contributed by atoms with Crippen LogP contribution in [0.2, 0.25) is 0 Å². The van der Waals surface area contributed by atoms with Gasteiger partial charge >= 0.3 is 5.97 Å². The lowest BCUT2D eigenvalue weighted by molar-refractivity contribution is -0.142. The Morgan fingerprint density at radius 1 is 1.56 bits per heavy atom. The van der Waals surface area contributed by atoms with Crippen LogP contribution in [0.3, 0.4) is 0 Å². The summed E-state index contributed by atoms with van der Waals surface area (Å²) >= 11 is 0. The number of esters is 1. The van der Waals surface area contributed by atoms with Gasteiger partial charge in [0.2, 0.25) is 0 Å². The number of carbonyl (C=O) groups is 1. The summed E-state index contributed by atoms with van der Waals surface area (Å²) < 4.78 is 22.4. The number of ether oxygens (including phenoxy) is 2. The second-order valence-corrected chi connectivity index (χ2v) is 3.22. The highest BCUT2D eigenvalue weighted by atomic mass is 19.1. The van der Waals surface area contributed by atoms with Gasteiger partial charge in [-0.3, -0.25) is 0 Å². The Morgan fingerprint density at radius 3 is 2.81 bits per heavy atom. The molecule has 1 aromatic carbocycles. The fourth-order valence-corrected chi connectivity index (χ4v) is 1.17. The maximum absolute atomic E-state index is 12.9. The lowest BCUT2D eigenvalue weighted by Gasteiger charge is -2.12. The van der Waals surface area contributed by atoms with Gasteiger partial charge in [-0.1, -0.05) is 0 Å². The number of halogens is 1. The van der Waals surface area contributed by atoms with Crippen LogP contribution >= 0.6 is 0 Å². The molecule has 0 bridgehead atoms. The van der Waals surface area contributed by atoms with Gasteiger partial charge in [-0.15, -0.1) is 0 Å². The Labute approximate surface area is 92.6 Å². The van der Waals surface area contributed by atoms with Crippen molar-refractivity contribution in [1.29, 1.82) is 0 Å². The van der Waals surface area contributed by atoms with Crippen LogP contribution in [-0.4, -0.2) is 24.8 Å². The molecule has 5 heteroatoms. The van der Waals surface area contributed by atoms with Crippen LogP contribution in [0.4, 0.5) is 4.39 Å². The Kier molecular flexibility index (Phi) is 4.25. The van der Waals surface area contributed by atoms with Gasteiger partial charge in [0.15, 0.2) is 6.61 Å². The Hall–Kier alpha value is -1.62. The maximum atomic E-state index is 12.9. The van der Waals surface area contributed by atoms with E-state index < -0.39 is 17.9 Å². The van der Waals surface area contributed by atoms with Crippen LogP contribution in [0.25, 0.3) is 0 Å². The highest BCUT2D eigenvalue weighted by molar-refractivity contribution is 5.70. The van der Waals surface area contributed by atoms with E-state index in [1.165, 1.54) is 26.2 Å². The summed E-state index contributed by atoms with van der Waals surface area (Å²) in [4.78, 5) is 10.8. The molecule has 0 saturated carbocycles. The Morgan fingerprint density at radius 2 is 2.25 bits per heavy atom. The van der Waals surface area contributed by atoms with Crippen LogP contribution in [0.15, 0.2) is 18.2 Å². The Balaban J connectivity index is 2.82. The van der Waals surface area contributed by atoms with E-state index in [2.05, 4.69) is 4.74 Å². The molecular weight excluding hydrogens is 215 g/mol. The van der Waals surface area contributed by atoms with E-state index in [1.54, 1.807) is 0 Å². The van der Waals surface area contributed by atoms with Crippen LogP contribution in [0.1, 0.15) is 18.6 Å². The third kappa shape index (κ3) is 3.20. The number of benzene rings is 1. The number of rotatable bonds is 4. The average molecular weight is 228 g/mol. The monoisotopic (exact) mass is 228 g/mol. The van der Waals surface area contributed by atoms with Crippen LogP contribution < -0.4 is 4.74 Å². The molecule has 1 rings (SSSR count). The first-order valence-electron chi connectivity index (χ1n) is 4.71. The van der Waals surface area contributed by atoms with Gasteiger partial charge in [0, 0.05) is 5.56 Å². The third-order valence-corrected chi connectivity index (χ3v) is 2.00. The predicted octanol–water partition coefficient (Wildman–Crippen LogP) is 1.43. The van der Waals surface area contributed by atoms with Gasteiger partial charge in [0.25, 0.3) is 0 Å². The number of methoxy groups -OCH3 is 1. The minimum absolute atomic E-state index is 0.266. The summed E-state index contributed by atoms with van der Waals surface area (Å²) in [6, 6.07) is 3.72. The number of hydrogen-bond donors (Lipinski definition) is 1. The highest BCUT2D eigenvalue weighted by Gasteiger charge is 2.12. The molecule has 1 N–H and O–H groups in total. The van der Waals surface area contributed by atoms with Crippen molar-refractivity contribution in [2.24, 2.45) is 0 Å². The molecule has 0 aromatic heterocycles. The molecule has 1 aromatic rings. The zero-order chi connectivity index (χ0) is 12.1. The molecule has 4 nitrogen and oxygen atoms in total. The third-order valence-electron chi connectivity index (χ3n) is 2.00. The summed E-state index contributed by atoms with van der Waals surface area (Å²) in [7, 11) is 1.24. The lowest BCUT2D eigenvalue weighted by Crippen LogP contribution is -2.13. The summed E-state index contributed by atoms with van der Waals surface area (Å²) in [6.07, 6.45) is -0.872. The number of aliphatic hydroxyl groups excluding tert-OH is 1. The summed E-state index contributed by atoms with van der Waals surface area (Å²) in [5.41, 5.74) is 0.295. The van der Waals surface area contributed by atoms with E-state index in [0.717, 1.165) is 6.07 Å². The largest absolute Gasteiger partial charge is 0.482 e. The van der Waals surface area contributed by atoms with E-state index in [1.807, 2.05) is 0 Å². The zero-order valence-corrected chi connectivity index (χ0v) is 9.07. The van der Waals surface area contributed by atoms with Crippen molar-refractivity contribution in [3.05, 3.63) is 29.6 Å². The first-order valence-corrected chi connectivity index (χ1v) is 4.71. The molecule has 0 spiro atoms. The summed E-state index contributed by atoms with van der Waals surface area (Å²) in [5.74, 6) is -0.746. The van der Waals surface area contributed by atoms with Crippen molar-refractivity contribution >= 4 is 5.97 Å². The van der Waals surface area contributed by atoms with Crippen molar-refractivity contribution in [3.63, 3.8) is 0 Å². The molecule has 0 radical (unpaired) electrons. The molecule has 0 amide bonds. The van der Waals surface area contributed by atoms with Crippen molar-refractivity contribution in [1.82, 2.24) is 0 Å². The van der Waals surface area contributed by atoms with Gasteiger partial charge in [-0.25, -0.2) is 9.18 Å². The fraction of sp³-hybridized carbons (Fsp3) is 0.364. The second kappa shape index (κ2) is 5.46. The molecule has 0 heterocycles. The van der Waals surface area contributed by atoms with Crippen LogP contribution in [0, 0.1) is 5.82 Å². The molecule has 0 unspecified atom stereocenters. The quantitative estimate of drug-likeness (QED) is 0.792. The molecular formula is C11H13FO4. The van der Waals surface area contributed by atoms with Crippen molar-refractivity contribution in [2.45, 2.75) is 13.0 Å². The normalized spacial score (nSPS) is 12.0. The van der Waals surface area contributed by atoms with Crippen LogP contribution in [0.5, 0.6) is 5.75 Å². The molecule has 0 aliphatic rings.